The molecule has 0 radical (unpaired) electrons. The zero-order valence-corrected chi connectivity index (χ0v) is 10.5. The van der Waals surface area contributed by atoms with E-state index in [4.69, 9.17) is 10.8 Å². The molecule has 88 valence electrons. The molecule has 0 bridgehead atoms. The van der Waals surface area contributed by atoms with E-state index in [1.807, 2.05) is 30.3 Å². The van der Waals surface area contributed by atoms with Crippen LogP contribution in [0.2, 0.25) is 0 Å². The molecule has 0 atom stereocenters. The van der Waals surface area contributed by atoms with E-state index < -0.39 is 5.97 Å². The van der Waals surface area contributed by atoms with Crippen molar-refractivity contribution in [2.24, 2.45) is 0 Å². The highest BCUT2D eigenvalue weighted by Crippen LogP contribution is 2.05. The fourth-order valence-corrected chi connectivity index (χ4v) is 1.32. The second-order valence-corrected chi connectivity index (χ2v) is 3.87. The van der Waals surface area contributed by atoms with Gasteiger partial charge in [-0.3, -0.25) is 0 Å². The van der Waals surface area contributed by atoms with E-state index >= 15 is 0 Å². The van der Waals surface area contributed by atoms with Gasteiger partial charge in [0.1, 0.15) is 10.3 Å². The van der Waals surface area contributed by atoms with Gasteiger partial charge in [-0.2, -0.15) is 0 Å². The van der Waals surface area contributed by atoms with Gasteiger partial charge in [-0.05, 0) is 40.2 Å². The molecular formula is C12H11BrN2O2. The number of benzene rings is 1. The van der Waals surface area contributed by atoms with Gasteiger partial charge >= 0.3 is 5.97 Å². The van der Waals surface area contributed by atoms with Gasteiger partial charge in [-0.25, -0.2) is 9.78 Å². The number of pyridine rings is 1. The molecule has 0 saturated carbocycles. The summed E-state index contributed by atoms with van der Waals surface area (Å²) in [5, 5.41) is 8.43. The number of aromatic nitrogens is 1. The van der Waals surface area contributed by atoms with Crippen molar-refractivity contribution in [1.82, 2.24) is 4.98 Å². The Labute approximate surface area is 107 Å². The zero-order chi connectivity index (χ0) is 12.7. The van der Waals surface area contributed by atoms with E-state index in [1.54, 1.807) is 12.1 Å². The van der Waals surface area contributed by atoms with E-state index in [2.05, 4.69) is 20.9 Å². The molecule has 1 heterocycles. The van der Waals surface area contributed by atoms with Gasteiger partial charge < -0.3 is 10.8 Å². The van der Waals surface area contributed by atoms with Crippen molar-refractivity contribution in [2.75, 3.05) is 5.73 Å². The van der Waals surface area contributed by atoms with Crippen LogP contribution in [0.1, 0.15) is 10.5 Å². The maximum Gasteiger partial charge on any atom is 0.354 e. The summed E-state index contributed by atoms with van der Waals surface area (Å²) in [6, 6.07) is 14.2. The summed E-state index contributed by atoms with van der Waals surface area (Å²) in [6.07, 6.45) is 0. The van der Waals surface area contributed by atoms with Crippen LogP contribution < -0.4 is 5.73 Å². The first kappa shape index (κ1) is 13.2. The standard InChI is InChI=1S/C6H4BrNO2.C6H7N/c7-5-3-1-2-4(8-5)6(9)10;7-6-4-2-1-3-5-6/h1-3H,(H,9,10);1-5H,7H2. The summed E-state index contributed by atoms with van der Waals surface area (Å²) in [5.41, 5.74) is 6.23. The molecule has 2 rings (SSSR count). The fraction of sp³-hybridized carbons (Fsp3) is 0. The summed E-state index contributed by atoms with van der Waals surface area (Å²) >= 11 is 3.06. The molecule has 0 aliphatic rings. The SMILES string of the molecule is Nc1ccccc1.O=C(O)c1cccc(Br)n1. The fourth-order valence-electron chi connectivity index (χ4n) is 0.980. The predicted octanol–water partition coefficient (Wildman–Crippen LogP) is 2.81. The number of nitrogens with two attached hydrogens (primary N) is 1. The van der Waals surface area contributed by atoms with Crippen molar-refractivity contribution in [2.45, 2.75) is 0 Å². The summed E-state index contributed by atoms with van der Waals surface area (Å²) in [4.78, 5) is 14.0. The molecule has 2 aromatic rings. The second kappa shape index (κ2) is 6.65. The maximum atomic E-state index is 10.3. The minimum atomic E-state index is -1.01. The molecule has 4 nitrogen and oxygen atoms in total. The van der Waals surface area contributed by atoms with Crippen molar-refractivity contribution in [3.05, 3.63) is 58.8 Å². The number of halogens is 1. The van der Waals surface area contributed by atoms with Crippen LogP contribution >= 0.6 is 15.9 Å². The minimum absolute atomic E-state index is 0.0503. The number of aromatic carboxylic acids is 1. The summed E-state index contributed by atoms with van der Waals surface area (Å²) in [5.74, 6) is -1.01. The van der Waals surface area contributed by atoms with Crippen LogP contribution in [0.25, 0.3) is 0 Å². The monoisotopic (exact) mass is 294 g/mol. The number of nitrogen functional groups attached to an aromatic ring is 1. The highest BCUT2D eigenvalue weighted by Gasteiger charge is 2.02. The third-order valence-electron chi connectivity index (χ3n) is 1.73. The molecule has 1 aromatic carbocycles. The lowest BCUT2D eigenvalue weighted by Gasteiger charge is -1.91. The molecule has 0 aliphatic heterocycles. The number of anilines is 1. The van der Waals surface area contributed by atoms with Crippen molar-refractivity contribution < 1.29 is 9.90 Å². The molecule has 0 spiro atoms. The number of carbonyl (C=O) groups is 1. The molecule has 1 aromatic heterocycles. The lowest BCUT2D eigenvalue weighted by atomic mass is 10.3. The van der Waals surface area contributed by atoms with Crippen LogP contribution in [-0.4, -0.2) is 16.1 Å². The van der Waals surface area contributed by atoms with Crippen LogP contribution in [0.3, 0.4) is 0 Å². The average molecular weight is 295 g/mol. The Morgan fingerprint density at radius 1 is 1.12 bits per heavy atom. The summed E-state index contributed by atoms with van der Waals surface area (Å²) < 4.78 is 0.535. The summed E-state index contributed by atoms with van der Waals surface area (Å²) in [6.45, 7) is 0. The average Bonchev–Trinajstić information content (AvgIpc) is 2.31. The predicted molar refractivity (Wildman–Crippen MR) is 69.8 cm³/mol. The largest absolute Gasteiger partial charge is 0.477 e. The van der Waals surface area contributed by atoms with Crippen LogP contribution in [-0.2, 0) is 0 Å². The lowest BCUT2D eigenvalue weighted by Crippen LogP contribution is -1.98. The van der Waals surface area contributed by atoms with Crippen molar-refractivity contribution >= 4 is 27.6 Å². The number of rotatable bonds is 1. The van der Waals surface area contributed by atoms with Gasteiger partial charge in [0.05, 0.1) is 0 Å². The Hall–Kier alpha value is -1.88. The van der Waals surface area contributed by atoms with E-state index in [0.717, 1.165) is 5.69 Å². The minimum Gasteiger partial charge on any atom is -0.477 e. The molecule has 5 heteroatoms. The number of carboxylic acids is 1. The van der Waals surface area contributed by atoms with Crippen LogP contribution in [0, 0.1) is 0 Å². The van der Waals surface area contributed by atoms with Gasteiger partial charge in [-0.1, -0.05) is 24.3 Å². The first-order valence-corrected chi connectivity index (χ1v) is 5.55. The van der Waals surface area contributed by atoms with Gasteiger partial charge in [0.25, 0.3) is 0 Å². The Balaban J connectivity index is 0.000000181. The van der Waals surface area contributed by atoms with Crippen molar-refractivity contribution in [3.63, 3.8) is 0 Å². The van der Waals surface area contributed by atoms with E-state index in [-0.39, 0.29) is 5.69 Å². The molecule has 0 unspecified atom stereocenters. The normalized spacial score (nSPS) is 9.00. The van der Waals surface area contributed by atoms with Crippen LogP contribution in [0.4, 0.5) is 5.69 Å². The number of carboxylic acid groups (broad SMARTS) is 1. The highest BCUT2D eigenvalue weighted by molar-refractivity contribution is 9.10. The smallest absolute Gasteiger partial charge is 0.354 e. The van der Waals surface area contributed by atoms with Crippen LogP contribution in [0.15, 0.2) is 53.1 Å². The Morgan fingerprint density at radius 2 is 1.76 bits per heavy atom. The number of nitrogens with zero attached hydrogens (tertiary/aromatic N) is 1. The first-order chi connectivity index (χ1) is 8.09. The van der Waals surface area contributed by atoms with Crippen LogP contribution in [0.5, 0.6) is 0 Å². The molecular weight excluding hydrogens is 284 g/mol. The molecule has 0 amide bonds. The van der Waals surface area contributed by atoms with E-state index in [0.29, 0.717) is 4.60 Å². The van der Waals surface area contributed by atoms with Crippen molar-refractivity contribution in [1.29, 1.82) is 0 Å². The highest BCUT2D eigenvalue weighted by atomic mass is 79.9. The Morgan fingerprint density at radius 3 is 2.12 bits per heavy atom. The van der Waals surface area contributed by atoms with Gasteiger partial charge in [-0.15, -0.1) is 0 Å². The third kappa shape index (κ3) is 5.12. The number of hydrogen-bond donors (Lipinski definition) is 2. The van der Waals surface area contributed by atoms with Gasteiger partial charge in [0.15, 0.2) is 0 Å². The van der Waals surface area contributed by atoms with Gasteiger partial charge in [0, 0.05) is 5.69 Å². The number of hydrogen-bond acceptors (Lipinski definition) is 3. The van der Waals surface area contributed by atoms with Gasteiger partial charge in [0.2, 0.25) is 0 Å². The molecule has 0 saturated heterocycles. The number of para-hydroxylation sites is 1. The third-order valence-corrected chi connectivity index (χ3v) is 2.18. The maximum absolute atomic E-state index is 10.3. The second-order valence-electron chi connectivity index (χ2n) is 3.06. The van der Waals surface area contributed by atoms with Crippen molar-refractivity contribution in [3.8, 4) is 0 Å². The lowest BCUT2D eigenvalue weighted by molar-refractivity contribution is 0.0690. The summed E-state index contributed by atoms with van der Waals surface area (Å²) in [7, 11) is 0. The van der Waals surface area contributed by atoms with E-state index in [9.17, 15) is 4.79 Å². The van der Waals surface area contributed by atoms with E-state index in [1.165, 1.54) is 6.07 Å². The Kier molecular flexibility index (Phi) is 5.16. The molecule has 0 fully saturated rings. The molecule has 0 aliphatic carbocycles. The quantitative estimate of drug-likeness (QED) is 0.626. The Bertz CT molecular complexity index is 489. The topological polar surface area (TPSA) is 76.2 Å². The molecule has 3 N–H and O–H groups in total. The first-order valence-electron chi connectivity index (χ1n) is 4.76. The molecule has 17 heavy (non-hydrogen) atoms. The zero-order valence-electron chi connectivity index (χ0n) is 8.88.